The van der Waals surface area contributed by atoms with E-state index in [2.05, 4.69) is 163 Å². The second-order valence-corrected chi connectivity index (χ2v) is 12.8. The molecule has 48 heavy (non-hydrogen) atoms. The normalized spacial score (nSPS) is 17.1. The van der Waals surface area contributed by atoms with Crippen LogP contribution in [0.2, 0.25) is 0 Å². The standard InChI is InChI=1S/C26H23N.C19H26.C2H6/c1-4-6-12-22(5-2)27-25-15-13-19(3)17-23(25)24-18-21(14-16-26(24)27)20-10-8-7-9-11-20;1-9-13-17-16(12-4)18(5,6)14(10-2)15(11-3)19(17,7)8;1-2/h4-18H,2H2,1,3H3;9-13H,1-3H2,4-8H3;1-2H3/b6-4-,22-12+;16-12+,17-13+;. The molecule has 5 rings (SSSR count). The molecule has 1 heteroatoms. The molecule has 0 spiro atoms. The van der Waals surface area contributed by atoms with Crippen molar-refractivity contribution < 1.29 is 0 Å². The van der Waals surface area contributed by atoms with Crippen LogP contribution >= 0.6 is 0 Å². The van der Waals surface area contributed by atoms with Crippen molar-refractivity contribution in [3.63, 3.8) is 0 Å². The van der Waals surface area contributed by atoms with Crippen LogP contribution in [0.1, 0.15) is 61.0 Å². The summed E-state index contributed by atoms with van der Waals surface area (Å²) in [6.45, 7) is 35.2. The third-order valence-corrected chi connectivity index (χ3v) is 9.21. The van der Waals surface area contributed by atoms with Crippen LogP contribution in [0.25, 0.3) is 38.6 Å². The van der Waals surface area contributed by atoms with Crippen LogP contribution in [0.5, 0.6) is 0 Å². The van der Waals surface area contributed by atoms with Crippen molar-refractivity contribution in [3.8, 4) is 11.1 Å². The Kier molecular flexibility index (Phi) is 12.8. The van der Waals surface area contributed by atoms with Gasteiger partial charge >= 0.3 is 0 Å². The van der Waals surface area contributed by atoms with E-state index in [0.29, 0.717) is 0 Å². The maximum absolute atomic E-state index is 4.04. The Morgan fingerprint density at radius 1 is 0.688 bits per heavy atom. The van der Waals surface area contributed by atoms with Gasteiger partial charge < -0.3 is 4.57 Å². The molecule has 0 amide bonds. The smallest absolute Gasteiger partial charge is 0.0541 e. The summed E-state index contributed by atoms with van der Waals surface area (Å²) in [5.41, 5.74) is 12.3. The minimum absolute atomic E-state index is 0.0512. The molecular weight excluding hydrogens is 579 g/mol. The van der Waals surface area contributed by atoms with Gasteiger partial charge in [-0.15, -0.1) is 0 Å². The minimum atomic E-state index is -0.0726. The van der Waals surface area contributed by atoms with E-state index in [1.165, 1.54) is 60.8 Å². The molecule has 0 saturated carbocycles. The van der Waals surface area contributed by atoms with Gasteiger partial charge in [0.15, 0.2) is 0 Å². The number of hydrogen-bond acceptors (Lipinski definition) is 0. The van der Waals surface area contributed by atoms with Gasteiger partial charge in [-0.2, -0.15) is 0 Å². The number of aryl methyl sites for hydroxylation is 1. The van der Waals surface area contributed by atoms with Crippen LogP contribution in [0, 0.1) is 17.8 Å². The van der Waals surface area contributed by atoms with E-state index in [9.17, 15) is 0 Å². The Morgan fingerprint density at radius 2 is 1.25 bits per heavy atom. The molecule has 0 unspecified atom stereocenters. The Morgan fingerprint density at radius 3 is 1.77 bits per heavy atom. The van der Waals surface area contributed by atoms with Gasteiger partial charge in [0.05, 0.1) is 11.0 Å². The predicted octanol–water partition coefficient (Wildman–Crippen LogP) is 14.2. The van der Waals surface area contributed by atoms with Crippen molar-refractivity contribution in [3.05, 3.63) is 176 Å². The summed E-state index contributed by atoms with van der Waals surface area (Å²) in [5.74, 6) is 0. The van der Waals surface area contributed by atoms with Crippen LogP contribution in [0.3, 0.4) is 0 Å². The van der Waals surface area contributed by atoms with Crippen molar-refractivity contribution in [2.75, 3.05) is 0 Å². The molecule has 0 aliphatic heterocycles. The van der Waals surface area contributed by atoms with Gasteiger partial charge in [0.2, 0.25) is 0 Å². The molecule has 1 heterocycles. The second-order valence-electron chi connectivity index (χ2n) is 12.8. The first-order valence-corrected chi connectivity index (χ1v) is 17.1. The lowest BCUT2D eigenvalue weighted by molar-refractivity contribution is 0.441. The third-order valence-electron chi connectivity index (χ3n) is 9.21. The van der Waals surface area contributed by atoms with Crippen molar-refractivity contribution >= 4 is 27.5 Å². The summed E-state index contributed by atoms with van der Waals surface area (Å²) in [6, 6.07) is 23.9. The summed E-state index contributed by atoms with van der Waals surface area (Å²) in [7, 11) is 0. The fourth-order valence-corrected chi connectivity index (χ4v) is 6.95. The van der Waals surface area contributed by atoms with E-state index >= 15 is 0 Å². The largest absolute Gasteiger partial charge is 0.309 e. The van der Waals surface area contributed by atoms with Gasteiger partial charge in [-0.1, -0.05) is 158 Å². The van der Waals surface area contributed by atoms with E-state index < -0.39 is 0 Å². The average molecular weight is 634 g/mol. The summed E-state index contributed by atoms with van der Waals surface area (Å²) in [5, 5.41) is 2.54. The van der Waals surface area contributed by atoms with E-state index in [1.54, 1.807) is 0 Å². The molecule has 1 aliphatic rings. The number of rotatable bonds is 7. The highest BCUT2D eigenvalue weighted by atomic mass is 15.0. The predicted molar refractivity (Wildman–Crippen MR) is 217 cm³/mol. The van der Waals surface area contributed by atoms with Gasteiger partial charge in [0.25, 0.3) is 0 Å². The van der Waals surface area contributed by atoms with Gasteiger partial charge in [-0.3, -0.25) is 0 Å². The van der Waals surface area contributed by atoms with Crippen LogP contribution in [0.4, 0.5) is 0 Å². The summed E-state index contributed by atoms with van der Waals surface area (Å²) in [4.78, 5) is 0. The molecule has 0 N–H and O–H groups in total. The first-order valence-electron chi connectivity index (χ1n) is 17.1. The van der Waals surface area contributed by atoms with Crippen LogP contribution < -0.4 is 0 Å². The zero-order valence-corrected chi connectivity index (χ0v) is 30.8. The number of fused-ring (bicyclic) bond motifs is 3. The number of nitrogens with zero attached hydrogens (tertiary/aromatic N) is 1. The second kappa shape index (κ2) is 16.3. The average Bonchev–Trinajstić information content (AvgIpc) is 3.40. The lowest BCUT2D eigenvalue weighted by Crippen LogP contribution is -2.34. The van der Waals surface area contributed by atoms with Crippen LogP contribution in [0.15, 0.2) is 170 Å². The topological polar surface area (TPSA) is 4.93 Å². The fourth-order valence-electron chi connectivity index (χ4n) is 6.95. The lowest BCUT2D eigenvalue weighted by Gasteiger charge is -2.46. The molecule has 0 atom stereocenters. The van der Waals surface area contributed by atoms with Gasteiger partial charge in [-0.05, 0) is 90.6 Å². The molecule has 0 saturated heterocycles. The highest BCUT2D eigenvalue weighted by Crippen LogP contribution is 2.55. The number of benzene rings is 3. The number of hydrogen-bond donors (Lipinski definition) is 0. The van der Waals surface area contributed by atoms with Crippen LogP contribution in [-0.2, 0) is 0 Å². The molecule has 3 aromatic carbocycles. The van der Waals surface area contributed by atoms with Crippen molar-refractivity contribution in [1.29, 1.82) is 0 Å². The maximum atomic E-state index is 4.04. The first-order chi connectivity index (χ1) is 23.0. The van der Waals surface area contributed by atoms with Gasteiger partial charge in [0.1, 0.15) is 0 Å². The van der Waals surface area contributed by atoms with Crippen LogP contribution in [-0.4, -0.2) is 4.57 Å². The molecule has 4 aromatic rings. The molecule has 1 nitrogen and oxygen atoms in total. The Bertz CT molecular complexity index is 1960. The summed E-state index contributed by atoms with van der Waals surface area (Å²) >= 11 is 0. The SMILES string of the molecule is C=C/C(=C\C=C/C)n1c2ccc(C)cc2c2cc(-c3ccccc3)ccc21.C=C/C=C1\C(=C/C)C(C)(C)C(C=C)=C(C=C)C1(C)C.CC. The van der Waals surface area contributed by atoms with E-state index in [1.807, 2.05) is 51.2 Å². The first kappa shape index (κ1) is 37.6. The molecule has 1 aromatic heterocycles. The van der Waals surface area contributed by atoms with Crippen molar-refractivity contribution in [1.82, 2.24) is 4.57 Å². The highest BCUT2D eigenvalue weighted by molar-refractivity contribution is 6.11. The van der Waals surface area contributed by atoms with Crippen molar-refractivity contribution in [2.24, 2.45) is 10.8 Å². The van der Waals surface area contributed by atoms with E-state index in [4.69, 9.17) is 0 Å². The van der Waals surface area contributed by atoms with E-state index in [0.717, 1.165) is 5.70 Å². The number of aromatic nitrogens is 1. The van der Waals surface area contributed by atoms with E-state index in [-0.39, 0.29) is 10.8 Å². The molecule has 0 bridgehead atoms. The third kappa shape index (κ3) is 7.16. The Balaban J connectivity index is 0.000000263. The Labute approximate surface area is 291 Å². The molecule has 0 fully saturated rings. The summed E-state index contributed by atoms with van der Waals surface area (Å²) in [6.07, 6.45) is 18.3. The van der Waals surface area contributed by atoms with Gasteiger partial charge in [0, 0.05) is 27.3 Å². The Hall–Kier alpha value is -4.88. The zero-order chi connectivity index (χ0) is 35.6. The molecule has 248 valence electrons. The fraction of sp³-hybridized carbons (Fsp3) is 0.234. The molecular formula is C47H55N. The van der Waals surface area contributed by atoms with Gasteiger partial charge in [-0.25, -0.2) is 0 Å². The maximum Gasteiger partial charge on any atom is 0.0541 e. The minimum Gasteiger partial charge on any atom is -0.309 e. The zero-order valence-electron chi connectivity index (χ0n) is 30.8. The number of allylic oxidation sites excluding steroid dienone is 14. The summed E-state index contributed by atoms with van der Waals surface area (Å²) < 4.78 is 2.30. The van der Waals surface area contributed by atoms with Crippen molar-refractivity contribution in [2.45, 2.75) is 62.3 Å². The highest BCUT2D eigenvalue weighted by Gasteiger charge is 2.43. The molecule has 0 radical (unpaired) electrons. The lowest BCUT2D eigenvalue weighted by atomic mass is 9.57. The monoisotopic (exact) mass is 633 g/mol. The molecule has 1 aliphatic carbocycles. The quantitative estimate of drug-likeness (QED) is 0.178.